The summed E-state index contributed by atoms with van der Waals surface area (Å²) in [6, 6.07) is 7.69. The number of halogens is 2. The molecule has 5 aromatic rings. The Kier molecular flexibility index (Phi) is 7.86. The molecule has 2 aromatic carbocycles. The average molecular weight is 675 g/mol. The van der Waals surface area contributed by atoms with Crippen molar-refractivity contribution in [2.24, 2.45) is 5.41 Å². The van der Waals surface area contributed by atoms with Crippen LogP contribution in [-0.2, 0) is 15.9 Å². The number of phenolic OH excluding ortho intramolecular Hbond substituents is 1. The predicted molar refractivity (Wildman–Crippen MR) is 180 cm³/mol. The van der Waals surface area contributed by atoms with Crippen molar-refractivity contribution < 1.29 is 33.2 Å². The smallest absolute Gasteiger partial charge is 0.319 e. The van der Waals surface area contributed by atoms with Crippen LogP contribution < -0.4 is 9.64 Å². The Labute approximate surface area is 282 Å². The van der Waals surface area contributed by atoms with Gasteiger partial charge in [-0.05, 0) is 66.8 Å². The number of hydrogen-bond donors (Lipinski definition) is 2. The van der Waals surface area contributed by atoms with E-state index in [9.17, 15) is 10.2 Å². The number of hydrogen-bond acceptors (Lipinski definition) is 10. The quantitative estimate of drug-likeness (QED) is 0.228. The van der Waals surface area contributed by atoms with E-state index >= 15 is 8.78 Å². The minimum atomic E-state index is -1.19. The molecule has 49 heavy (non-hydrogen) atoms. The summed E-state index contributed by atoms with van der Waals surface area (Å²) >= 11 is 0. The van der Waals surface area contributed by atoms with E-state index in [0.29, 0.717) is 59.2 Å². The molecule has 1 saturated carbocycles. The first kappa shape index (κ1) is 32.1. The number of methoxy groups -OCH3 is 1. The van der Waals surface area contributed by atoms with Crippen LogP contribution in [0.25, 0.3) is 38.4 Å². The van der Waals surface area contributed by atoms with Crippen LogP contribution in [0.3, 0.4) is 0 Å². The summed E-state index contributed by atoms with van der Waals surface area (Å²) in [5.74, 6) is -0.842. The monoisotopic (exact) mass is 674 g/mol. The maximum absolute atomic E-state index is 17.4. The first-order valence-corrected chi connectivity index (χ1v) is 16.8. The molecule has 11 nitrogen and oxygen atoms in total. The second kappa shape index (κ2) is 12.0. The van der Waals surface area contributed by atoms with Crippen LogP contribution in [0.5, 0.6) is 11.8 Å². The number of aliphatic hydroxyl groups is 1. The molecule has 13 heteroatoms. The topological polar surface area (TPSA) is 118 Å². The number of β-amino-alcohol motifs (C(OH)–C–C–N with tert-alkyl or cyclic N) is 1. The fourth-order valence-corrected chi connectivity index (χ4v) is 7.46. The van der Waals surface area contributed by atoms with E-state index in [1.165, 1.54) is 16.6 Å². The van der Waals surface area contributed by atoms with Crippen molar-refractivity contribution in [1.82, 2.24) is 24.5 Å². The molecule has 2 aliphatic heterocycles. The molecule has 1 aliphatic carbocycles. The van der Waals surface area contributed by atoms with Crippen molar-refractivity contribution in [2.75, 3.05) is 64.6 Å². The Morgan fingerprint density at radius 3 is 2.67 bits per heavy atom. The summed E-state index contributed by atoms with van der Waals surface area (Å²) in [6.07, 6.45) is 4.17. The van der Waals surface area contributed by atoms with Crippen molar-refractivity contribution in [3.8, 4) is 23.0 Å². The molecule has 0 bridgehead atoms. The van der Waals surface area contributed by atoms with E-state index in [4.69, 9.17) is 24.2 Å². The molecule has 2 N–H and O–H groups in total. The number of nitrogens with zero attached hydrogens (tertiary/aromatic N) is 6. The lowest BCUT2D eigenvalue weighted by Crippen LogP contribution is -2.54. The van der Waals surface area contributed by atoms with Crippen molar-refractivity contribution in [3.63, 3.8) is 0 Å². The zero-order chi connectivity index (χ0) is 34.1. The fraction of sp³-hybridized carbons (Fsp3) is 0.472. The molecule has 0 radical (unpaired) electrons. The molecule has 8 rings (SSSR count). The van der Waals surface area contributed by atoms with Gasteiger partial charge in [-0.15, -0.1) is 0 Å². The van der Waals surface area contributed by atoms with Gasteiger partial charge in [0, 0.05) is 44.3 Å². The summed E-state index contributed by atoms with van der Waals surface area (Å²) in [5, 5.41) is 27.9. The highest BCUT2D eigenvalue weighted by molar-refractivity contribution is 6.07. The number of aromatic hydroxyl groups is 1. The molecule has 0 amide bonds. The Bertz CT molecular complexity index is 2080. The van der Waals surface area contributed by atoms with Gasteiger partial charge in [0.1, 0.15) is 34.2 Å². The van der Waals surface area contributed by atoms with Gasteiger partial charge in [-0.25, -0.2) is 13.3 Å². The number of rotatable bonds is 9. The lowest BCUT2D eigenvalue weighted by molar-refractivity contribution is -0.0410. The molecule has 3 aromatic heterocycles. The van der Waals surface area contributed by atoms with Crippen LogP contribution in [0.2, 0.25) is 0 Å². The molecule has 3 fully saturated rings. The molecule has 5 heterocycles. The molecule has 2 saturated heterocycles. The van der Waals surface area contributed by atoms with Crippen molar-refractivity contribution in [2.45, 2.75) is 44.8 Å². The Morgan fingerprint density at radius 1 is 1.10 bits per heavy atom. The molecule has 0 spiro atoms. The van der Waals surface area contributed by atoms with Gasteiger partial charge < -0.3 is 29.3 Å². The largest absolute Gasteiger partial charge is 0.508 e. The number of likely N-dealkylation sites (tertiary alicyclic amines) is 1. The first-order valence-electron chi connectivity index (χ1n) is 16.8. The summed E-state index contributed by atoms with van der Waals surface area (Å²) in [7, 11) is 1.73. The molecule has 258 valence electrons. The van der Waals surface area contributed by atoms with Gasteiger partial charge in [-0.1, -0.05) is 13.0 Å². The Balaban J connectivity index is 1.31. The standard InChI is InChI=1S/C36H40F2N6O5/c1-4-24-26(37)6-5-21-13-22(45)14-25(28(21)24)32-30(38)31-29(27-7-10-39-44(27)32)33(43-11-12-48-19-35(2,46)17-43)41-34(40-31)49-20-36(8-9-36)18-42-15-23(16-42)47-3/h5-7,10,13-14,23,45-46H,4,8-9,11-12,15-20H2,1-3H3. The second-order valence-electron chi connectivity index (χ2n) is 14.1. The third-order valence-electron chi connectivity index (χ3n) is 10.2. The zero-order valence-corrected chi connectivity index (χ0v) is 27.9. The van der Waals surface area contributed by atoms with Crippen molar-refractivity contribution in [3.05, 3.63) is 53.7 Å². The summed E-state index contributed by atoms with van der Waals surface area (Å²) in [4.78, 5) is 13.8. The number of fused-ring (bicyclic) bond motifs is 4. The second-order valence-corrected chi connectivity index (χ2v) is 14.1. The molecular weight excluding hydrogens is 634 g/mol. The highest BCUT2D eigenvalue weighted by atomic mass is 19.1. The highest BCUT2D eigenvalue weighted by Crippen LogP contribution is 2.48. The van der Waals surface area contributed by atoms with E-state index < -0.39 is 17.2 Å². The third kappa shape index (κ3) is 5.72. The number of anilines is 1. The number of aromatic nitrogens is 4. The summed E-state index contributed by atoms with van der Waals surface area (Å²) in [5.41, 5.74) is -0.0197. The van der Waals surface area contributed by atoms with E-state index in [1.54, 1.807) is 38.4 Å². The Morgan fingerprint density at radius 2 is 1.92 bits per heavy atom. The Hall–Kier alpha value is -4.17. The zero-order valence-electron chi connectivity index (χ0n) is 27.9. The SMILES string of the molecule is CCc1c(F)ccc2cc(O)cc(-c3c(F)c4nc(OCC5(CN6CC(OC)C6)CC5)nc(N5CCOCC(C)(O)C5)c4c4ccnn34)c12. The van der Waals surface area contributed by atoms with Crippen LogP contribution in [0.1, 0.15) is 32.3 Å². The lowest BCUT2D eigenvalue weighted by atomic mass is 9.94. The maximum Gasteiger partial charge on any atom is 0.319 e. The van der Waals surface area contributed by atoms with Crippen LogP contribution in [0.4, 0.5) is 14.6 Å². The van der Waals surface area contributed by atoms with Gasteiger partial charge in [0.05, 0.1) is 49.6 Å². The number of benzene rings is 2. The number of pyridine rings is 1. The fourth-order valence-electron chi connectivity index (χ4n) is 7.46. The predicted octanol–water partition coefficient (Wildman–Crippen LogP) is 4.72. The van der Waals surface area contributed by atoms with Crippen LogP contribution in [0.15, 0.2) is 36.5 Å². The van der Waals surface area contributed by atoms with Crippen molar-refractivity contribution >= 4 is 33.0 Å². The van der Waals surface area contributed by atoms with E-state index in [-0.39, 0.29) is 53.2 Å². The van der Waals surface area contributed by atoms with Gasteiger partial charge in [0.25, 0.3) is 0 Å². The van der Waals surface area contributed by atoms with E-state index in [1.807, 2.05) is 11.8 Å². The van der Waals surface area contributed by atoms with Gasteiger partial charge >= 0.3 is 6.01 Å². The maximum atomic E-state index is 17.4. The lowest BCUT2D eigenvalue weighted by Gasteiger charge is -2.40. The third-order valence-corrected chi connectivity index (χ3v) is 10.2. The van der Waals surface area contributed by atoms with Gasteiger partial charge in [-0.3, -0.25) is 4.90 Å². The van der Waals surface area contributed by atoms with E-state index in [0.717, 1.165) is 32.5 Å². The van der Waals surface area contributed by atoms with Crippen molar-refractivity contribution in [1.29, 1.82) is 0 Å². The van der Waals surface area contributed by atoms with Gasteiger partial charge in [-0.2, -0.15) is 15.1 Å². The molecule has 3 aliphatic rings. The van der Waals surface area contributed by atoms with Crippen LogP contribution in [-0.4, -0.2) is 106 Å². The number of aryl methyl sites for hydroxylation is 1. The molecule has 1 atom stereocenters. The highest BCUT2D eigenvalue weighted by Gasteiger charge is 2.47. The van der Waals surface area contributed by atoms with Crippen LogP contribution in [0, 0.1) is 17.0 Å². The number of ether oxygens (including phenoxy) is 3. The van der Waals surface area contributed by atoms with Crippen LogP contribution >= 0.6 is 0 Å². The van der Waals surface area contributed by atoms with Gasteiger partial charge in [0.15, 0.2) is 5.82 Å². The number of phenols is 1. The first-order chi connectivity index (χ1) is 23.6. The van der Waals surface area contributed by atoms with E-state index in [2.05, 4.69) is 10.00 Å². The summed E-state index contributed by atoms with van der Waals surface area (Å²) in [6.45, 7) is 7.57. The molecule has 1 unspecified atom stereocenters. The van der Waals surface area contributed by atoms with Gasteiger partial charge in [0.2, 0.25) is 0 Å². The summed E-state index contributed by atoms with van der Waals surface area (Å²) < 4.78 is 51.5. The minimum Gasteiger partial charge on any atom is -0.508 e. The average Bonchev–Trinajstić information content (AvgIpc) is 3.71. The minimum absolute atomic E-state index is 0.00530. The normalized spacial score (nSPS) is 21.4. The molecular formula is C36H40F2N6O5.